The summed E-state index contributed by atoms with van der Waals surface area (Å²) >= 11 is 5.73. The standard InChI is InChI=1S/C7H4ClN3O2/c8-4-5(7(12)13)10-11-3-1-2-9-6(4)11/h1-3H,(H,12,13). The Balaban J connectivity index is 2.81. The van der Waals surface area contributed by atoms with Crippen LogP contribution in [0.4, 0.5) is 0 Å². The third-order valence-corrected chi connectivity index (χ3v) is 1.89. The highest BCUT2D eigenvalue weighted by molar-refractivity contribution is 6.36. The molecule has 0 aliphatic rings. The van der Waals surface area contributed by atoms with Crippen LogP contribution < -0.4 is 0 Å². The first-order chi connectivity index (χ1) is 6.20. The van der Waals surface area contributed by atoms with Gasteiger partial charge in [0.25, 0.3) is 0 Å². The lowest BCUT2D eigenvalue weighted by Gasteiger charge is -1.87. The molecule has 0 atom stereocenters. The normalized spacial score (nSPS) is 10.5. The highest BCUT2D eigenvalue weighted by Gasteiger charge is 2.16. The fourth-order valence-corrected chi connectivity index (χ4v) is 1.25. The Labute approximate surface area is 77.6 Å². The summed E-state index contributed by atoms with van der Waals surface area (Å²) < 4.78 is 1.33. The molecule has 6 heteroatoms. The van der Waals surface area contributed by atoms with Crippen LogP contribution in [0.2, 0.25) is 5.02 Å². The van der Waals surface area contributed by atoms with Gasteiger partial charge in [-0.3, -0.25) is 0 Å². The second-order valence-corrected chi connectivity index (χ2v) is 2.73. The number of carboxylic acid groups (broad SMARTS) is 1. The number of hydrogen-bond donors (Lipinski definition) is 1. The van der Waals surface area contributed by atoms with Crippen molar-refractivity contribution < 1.29 is 9.90 Å². The number of carbonyl (C=O) groups is 1. The lowest BCUT2D eigenvalue weighted by molar-refractivity contribution is 0.0690. The van der Waals surface area contributed by atoms with E-state index in [0.717, 1.165) is 0 Å². The SMILES string of the molecule is O=C(O)c1nn2cccnc2c1Cl. The number of rotatable bonds is 1. The van der Waals surface area contributed by atoms with E-state index in [-0.39, 0.29) is 10.7 Å². The van der Waals surface area contributed by atoms with E-state index in [1.165, 1.54) is 10.7 Å². The molecule has 0 amide bonds. The minimum Gasteiger partial charge on any atom is -0.476 e. The minimum absolute atomic E-state index is 0.0631. The molecule has 0 aliphatic heterocycles. The van der Waals surface area contributed by atoms with Crippen LogP contribution in [-0.4, -0.2) is 25.7 Å². The lowest BCUT2D eigenvalue weighted by atomic mass is 10.4. The second-order valence-electron chi connectivity index (χ2n) is 2.36. The van der Waals surface area contributed by atoms with Crippen molar-refractivity contribution in [2.75, 3.05) is 0 Å². The van der Waals surface area contributed by atoms with Gasteiger partial charge < -0.3 is 5.11 Å². The van der Waals surface area contributed by atoms with Gasteiger partial charge in [0.1, 0.15) is 5.02 Å². The molecule has 2 rings (SSSR count). The highest BCUT2D eigenvalue weighted by Crippen LogP contribution is 2.19. The third kappa shape index (κ3) is 1.13. The van der Waals surface area contributed by atoms with E-state index < -0.39 is 5.97 Å². The molecule has 0 unspecified atom stereocenters. The highest BCUT2D eigenvalue weighted by atomic mass is 35.5. The summed E-state index contributed by atoms with van der Waals surface area (Å²) in [5.74, 6) is -1.16. The van der Waals surface area contributed by atoms with E-state index in [1.807, 2.05) is 0 Å². The number of fused-ring (bicyclic) bond motifs is 1. The molecule has 0 saturated carbocycles. The number of aromatic nitrogens is 3. The molecule has 0 aromatic carbocycles. The van der Waals surface area contributed by atoms with Crippen molar-refractivity contribution in [2.45, 2.75) is 0 Å². The van der Waals surface area contributed by atoms with E-state index >= 15 is 0 Å². The van der Waals surface area contributed by atoms with Crippen LogP contribution in [0, 0.1) is 0 Å². The first-order valence-corrected chi connectivity index (χ1v) is 3.80. The molecule has 5 nitrogen and oxygen atoms in total. The monoisotopic (exact) mass is 197 g/mol. The molecule has 0 radical (unpaired) electrons. The summed E-state index contributed by atoms with van der Waals surface area (Å²) in [6.07, 6.45) is 3.11. The molecule has 13 heavy (non-hydrogen) atoms. The molecule has 0 fully saturated rings. The zero-order valence-electron chi connectivity index (χ0n) is 6.31. The smallest absolute Gasteiger partial charge is 0.358 e. The molecule has 0 saturated heterocycles. The second kappa shape index (κ2) is 2.70. The van der Waals surface area contributed by atoms with Crippen LogP contribution in [0.15, 0.2) is 18.5 Å². The van der Waals surface area contributed by atoms with Crippen molar-refractivity contribution in [1.82, 2.24) is 14.6 Å². The summed E-state index contributed by atoms with van der Waals surface area (Å²) in [6.45, 7) is 0. The average molecular weight is 198 g/mol. The fraction of sp³-hybridized carbons (Fsp3) is 0. The van der Waals surface area contributed by atoms with Crippen molar-refractivity contribution >= 4 is 23.2 Å². The van der Waals surface area contributed by atoms with Crippen LogP contribution in [0.5, 0.6) is 0 Å². The molecule has 1 N–H and O–H groups in total. The summed E-state index contributed by atoms with van der Waals surface area (Å²) in [7, 11) is 0. The molecule has 2 aromatic rings. The summed E-state index contributed by atoms with van der Waals surface area (Å²) in [6, 6.07) is 1.64. The van der Waals surface area contributed by atoms with Gasteiger partial charge in [-0.1, -0.05) is 11.6 Å². The predicted molar refractivity (Wildman–Crippen MR) is 45.0 cm³/mol. The Morgan fingerprint density at radius 3 is 3.00 bits per heavy atom. The van der Waals surface area contributed by atoms with E-state index in [4.69, 9.17) is 16.7 Å². The van der Waals surface area contributed by atoms with Crippen molar-refractivity contribution in [3.05, 3.63) is 29.2 Å². The van der Waals surface area contributed by atoms with Crippen LogP contribution >= 0.6 is 11.6 Å². The summed E-state index contributed by atoms with van der Waals surface area (Å²) in [4.78, 5) is 14.5. The number of aromatic carboxylic acids is 1. The zero-order chi connectivity index (χ0) is 9.42. The van der Waals surface area contributed by atoms with Gasteiger partial charge >= 0.3 is 5.97 Å². The van der Waals surface area contributed by atoms with Gasteiger partial charge in [-0.15, -0.1) is 0 Å². The maximum absolute atomic E-state index is 10.6. The first kappa shape index (κ1) is 8.00. The predicted octanol–water partition coefficient (Wildman–Crippen LogP) is 1.08. The molecule has 0 bridgehead atoms. The van der Waals surface area contributed by atoms with E-state index in [0.29, 0.717) is 5.65 Å². The zero-order valence-corrected chi connectivity index (χ0v) is 7.06. The molecule has 0 spiro atoms. The van der Waals surface area contributed by atoms with E-state index in [2.05, 4.69) is 10.1 Å². The summed E-state index contributed by atoms with van der Waals surface area (Å²) in [5.41, 5.74) is 0.168. The Hall–Kier alpha value is -1.62. The van der Waals surface area contributed by atoms with E-state index in [9.17, 15) is 4.79 Å². The van der Waals surface area contributed by atoms with Gasteiger partial charge in [-0.25, -0.2) is 14.3 Å². The van der Waals surface area contributed by atoms with Crippen LogP contribution in [0.25, 0.3) is 5.65 Å². The first-order valence-electron chi connectivity index (χ1n) is 3.42. The number of carboxylic acids is 1. The number of nitrogens with zero attached hydrogens (tertiary/aromatic N) is 3. The van der Waals surface area contributed by atoms with Crippen molar-refractivity contribution in [2.24, 2.45) is 0 Å². The molecule has 2 aromatic heterocycles. The van der Waals surface area contributed by atoms with Crippen LogP contribution in [-0.2, 0) is 0 Å². The van der Waals surface area contributed by atoms with Gasteiger partial charge in [-0.05, 0) is 6.07 Å². The molecule has 2 heterocycles. The maximum Gasteiger partial charge on any atom is 0.358 e. The van der Waals surface area contributed by atoms with Gasteiger partial charge in [0.05, 0.1) is 0 Å². The largest absolute Gasteiger partial charge is 0.476 e. The van der Waals surface area contributed by atoms with E-state index in [1.54, 1.807) is 12.3 Å². The Bertz CT molecular complexity index is 480. The third-order valence-electron chi connectivity index (χ3n) is 1.54. The van der Waals surface area contributed by atoms with Crippen molar-refractivity contribution in [3.63, 3.8) is 0 Å². The minimum atomic E-state index is -1.16. The average Bonchev–Trinajstić information content (AvgIpc) is 2.45. The molecule has 0 aliphatic carbocycles. The number of hydrogen-bond acceptors (Lipinski definition) is 3. The quantitative estimate of drug-likeness (QED) is 0.743. The maximum atomic E-state index is 10.6. The Morgan fingerprint density at radius 2 is 2.38 bits per heavy atom. The van der Waals surface area contributed by atoms with Crippen LogP contribution in [0.3, 0.4) is 0 Å². The molecular weight excluding hydrogens is 194 g/mol. The van der Waals surface area contributed by atoms with Crippen molar-refractivity contribution in [1.29, 1.82) is 0 Å². The van der Waals surface area contributed by atoms with Crippen molar-refractivity contribution in [3.8, 4) is 0 Å². The number of halogens is 1. The Morgan fingerprint density at radius 1 is 1.62 bits per heavy atom. The summed E-state index contributed by atoms with van der Waals surface area (Å²) in [5, 5.41) is 12.5. The van der Waals surface area contributed by atoms with Gasteiger partial charge in [0, 0.05) is 12.4 Å². The lowest BCUT2D eigenvalue weighted by Crippen LogP contribution is -1.97. The fourth-order valence-electron chi connectivity index (χ4n) is 0.996. The molecular formula is C7H4ClN3O2. The van der Waals surface area contributed by atoms with Gasteiger partial charge in [0.15, 0.2) is 11.3 Å². The van der Waals surface area contributed by atoms with Crippen LogP contribution in [0.1, 0.15) is 10.5 Å². The Kier molecular flexibility index (Phi) is 1.66. The van der Waals surface area contributed by atoms with Gasteiger partial charge in [0.2, 0.25) is 0 Å². The molecule has 66 valence electrons. The van der Waals surface area contributed by atoms with Gasteiger partial charge in [-0.2, -0.15) is 5.10 Å². The topological polar surface area (TPSA) is 67.5 Å².